The Morgan fingerprint density at radius 1 is 1.20 bits per heavy atom. The van der Waals surface area contributed by atoms with Crippen LogP contribution < -0.4 is 10.1 Å². The van der Waals surface area contributed by atoms with Crippen LogP contribution in [0.5, 0.6) is 5.75 Å². The minimum Gasteiger partial charge on any atom is -0.465 e. The van der Waals surface area contributed by atoms with Gasteiger partial charge in [0, 0.05) is 48.4 Å². The van der Waals surface area contributed by atoms with Crippen LogP contribution in [0.4, 0.5) is 8.78 Å². The van der Waals surface area contributed by atoms with E-state index in [0.29, 0.717) is 21.9 Å². The third kappa shape index (κ3) is 4.16. The number of alkyl halides is 2. The lowest BCUT2D eigenvalue weighted by atomic mass is 9.79. The third-order valence-corrected chi connectivity index (χ3v) is 6.89. The van der Waals surface area contributed by atoms with Gasteiger partial charge in [-0.2, -0.15) is 0 Å². The average Bonchev–Trinajstić information content (AvgIpc) is 2.65. The number of methoxy groups -OCH3 is 1. The van der Waals surface area contributed by atoms with Crippen LogP contribution in [-0.2, 0) is 9.47 Å². The van der Waals surface area contributed by atoms with Crippen LogP contribution in [0.2, 0.25) is 5.02 Å². The highest BCUT2D eigenvalue weighted by molar-refractivity contribution is 6.31. The first-order chi connectivity index (χ1) is 14.1. The summed E-state index contributed by atoms with van der Waals surface area (Å²) in [6.45, 7) is 3.82. The Kier molecular flexibility index (Phi) is 5.75. The van der Waals surface area contributed by atoms with E-state index in [0.717, 1.165) is 25.7 Å². The van der Waals surface area contributed by atoms with Crippen molar-refractivity contribution in [2.24, 2.45) is 5.92 Å². The molecular weight excluding hydrogens is 416 g/mol. The van der Waals surface area contributed by atoms with Crippen LogP contribution in [0.1, 0.15) is 74.4 Å². The highest BCUT2D eigenvalue weighted by Crippen LogP contribution is 2.48. The van der Waals surface area contributed by atoms with E-state index in [1.54, 1.807) is 12.1 Å². The van der Waals surface area contributed by atoms with Gasteiger partial charge in [0.2, 0.25) is 5.79 Å². The molecule has 166 valence electrons. The molecule has 1 aromatic carbocycles. The SMILES string of the molecule is COC(=O)c1cc(Cl)cc2c1C(C)OC(C)(C1CCC(NC3CC(F)(F)C3)CC1)O2. The minimum absolute atomic E-state index is 0.0611. The summed E-state index contributed by atoms with van der Waals surface area (Å²) in [5.74, 6) is -3.14. The number of hydrogen-bond acceptors (Lipinski definition) is 5. The molecule has 0 aromatic heterocycles. The van der Waals surface area contributed by atoms with Crippen molar-refractivity contribution in [3.05, 3.63) is 28.3 Å². The zero-order valence-corrected chi connectivity index (χ0v) is 18.2. The number of fused-ring (bicyclic) bond motifs is 1. The number of carbonyl (C=O) groups excluding carboxylic acids is 1. The number of halogens is 3. The van der Waals surface area contributed by atoms with E-state index in [9.17, 15) is 13.6 Å². The second-order valence-corrected chi connectivity index (χ2v) is 9.35. The van der Waals surface area contributed by atoms with Crippen molar-refractivity contribution < 1.29 is 27.8 Å². The van der Waals surface area contributed by atoms with Crippen molar-refractivity contribution in [1.82, 2.24) is 5.32 Å². The maximum absolute atomic E-state index is 13.1. The quantitative estimate of drug-likeness (QED) is 0.643. The van der Waals surface area contributed by atoms with Gasteiger partial charge in [-0.05, 0) is 44.7 Å². The zero-order chi connectivity index (χ0) is 21.7. The van der Waals surface area contributed by atoms with Gasteiger partial charge in [-0.25, -0.2) is 13.6 Å². The molecule has 30 heavy (non-hydrogen) atoms. The standard InChI is InChI=1S/C22H28ClF2NO4/c1-12-19-17(20(27)28-3)8-14(23)9-18(19)30-21(2,29-12)13-4-6-15(7-5-13)26-16-10-22(24,25)11-16/h8-9,12-13,15-16,26H,4-7,10-11H2,1-3H3. The first-order valence-electron chi connectivity index (χ1n) is 10.5. The molecule has 0 radical (unpaired) electrons. The number of carbonyl (C=O) groups is 1. The maximum Gasteiger partial charge on any atom is 0.338 e. The summed E-state index contributed by atoms with van der Waals surface area (Å²) in [7, 11) is 1.33. The van der Waals surface area contributed by atoms with E-state index in [1.807, 2.05) is 13.8 Å². The summed E-state index contributed by atoms with van der Waals surface area (Å²) in [5, 5.41) is 3.77. The van der Waals surface area contributed by atoms with E-state index >= 15 is 0 Å². The molecule has 2 saturated carbocycles. The predicted molar refractivity (Wildman–Crippen MR) is 108 cm³/mol. The van der Waals surface area contributed by atoms with Gasteiger partial charge in [0.1, 0.15) is 5.75 Å². The Bertz CT molecular complexity index is 820. The molecule has 0 spiro atoms. The first-order valence-corrected chi connectivity index (χ1v) is 10.9. The van der Waals surface area contributed by atoms with Gasteiger partial charge in [-0.15, -0.1) is 0 Å². The molecule has 4 rings (SSSR count). The van der Waals surface area contributed by atoms with E-state index in [4.69, 9.17) is 25.8 Å². The Balaban J connectivity index is 1.44. The second-order valence-electron chi connectivity index (χ2n) is 8.91. The van der Waals surface area contributed by atoms with Crippen molar-refractivity contribution in [3.63, 3.8) is 0 Å². The Labute approximate surface area is 180 Å². The van der Waals surface area contributed by atoms with Gasteiger partial charge >= 0.3 is 5.97 Å². The van der Waals surface area contributed by atoms with Gasteiger partial charge in [0.05, 0.1) is 18.8 Å². The smallest absolute Gasteiger partial charge is 0.338 e. The Hall–Kier alpha value is -1.44. The zero-order valence-electron chi connectivity index (χ0n) is 17.5. The van der Waals surface area contributed by atoms with Gasteiger partial charge in [-0.1, -0.05) is 11.6 Å². The molecule has 1 aliphatic heterocycles. The number of hydrogen-bond donors (Lipinski definition) is 1. The summed E-state index contributed by atoms with van der Waals surface area (Å²) in [6.07, 6.45) is 3.02. The molecule has 2 aliphatic carbocycles. The molecule has 3 aliphatic rings. The molecule has 1 aromatic rings. The van der Waals surface area contributed by atoms with E-state index in [1.165, 1.54) is 7.11 Å². The van der Waals surface area contributed by atoms with Crippen LogP contribution in [0.15, 0.2) is 12.1 Å². The van der Waals surface area contributed by atoms with Gasteiger partial charge in [-0.3, -0.25) is 0 Å². The summed E-state index contributed by atoms with van der Waals surface area (Å²) >= 11 is 6.23. The summed E-state index contributed by atoms with van der Waals surface area (Å²) < 4.78 is 43.6. The molecule has 5 nitrogen and oxygen atoms in total. The van der Waals surface area contributed by atoms with Crippen LogP contribution in [0.25, 0.3) is 0 Å². The molecular formula is C22H28ClF2NO4. The monoisotopic (exact) mass is 443 g/mol. The molecule has 0 bridgehead atoms. The van der Waals surface area contributed by atoms with Crippen LogP contribution in [-0.4, -0.2) is 36.9 Å². The molecule has 1 heterocycles. The van der Waals surface area contributed by atoms with E-state index in [-0.39, 0.29) is 36.9 Å². The largest absolute Gasteiger partial charge is 0.465 e. The number of ether oxygens (including phenoxy) is 3. The van der Waals surface area contributed by atoms with Crippen molar-refractivity contribution in [3.8, 4) is 5.75 Å². The summed E-state index contributed by atoms with van der Waals surface area (Å²) in [5.41, 5.74) is 0.991. The predicted octanol–water partition coefficient (Wildman–Crippen LogP) is 5.26. The minimum atomic E-state index is -2.50. The summed E-state index contributed by atoms with van der Waals surface area (Å²) in [4.78, 5) is 12.2. The highest BCUT2D eigenvalue weighted by Gasteiger charge is 2.48. The van der Waals surface area contributed by atoms with Crippen molar-refractivity contribution in [1.29, 1.82) is 0 Å². The lowest BCUT2D eigenvalue weighted by molar-refractivity contribution is -0.249. The fourth-order valence-corrected chi connectivity index (χ4v) is 5.31. The van der Waals surface area contributed by atoms with Crippen LogP contribution in [0, 0.1) is 5.92 Å². The first kappa shape index (κ1) is 21.8. The fourth-order valence-electron chi connectivity index (χ4n) is 5.10. The number of rotatable bonds is 4. The lowest BCUT2D eigenvalue weighted by Gasteiger charge is -2.47. The lowest BCUT2D eigenvalue weighted by Crippen LogP contribution is -2.54. The average molecular weight is 444 g/mol. The van der Waals surface area contributed by atoms with Gasteiger partial charge < -0.3 is 19.5 Å². The van der Waals surface area contributed by atoms with Crippen LogP contribution in [0.3, 0.4) is 0 Å². The fraction of sp³-hybridized carbons (Fsp3) is 0.682. The molecule has 2 atom stereocenters. The highest BCUT2D eigenvalue weighted by atomic mass is 35.5. The normalized spacial score (nSPS) is 33.2. The number of esters is 1. The summed E-state index contributed by atoms with van der Waals surface area (Å²) in [6, 6.07) is 3.45. The van der Waals surface area contributed by atoms with Gasteiger partial charge in [0.15, 0.2) is 0 Å². The molecule has 0 saturated heterocycles. The van der Waals surface area contributed by atoms with E-state index in [2.05, 4.69) is 5.32 Å². The molecule has 1 N–H and O–H groups in total. The number of nitrogens with one attached hydrogen (secondary N) is 1. The maximum atomic E-state index is 13.1. The topological polar surface area (TPSA) is 56.8 Å². The second kappa shape index (κ2) is 7.92. The molecule has 0 amide bonds. The molecule has 2 fully saturated rings. The molecule has 2 unspecified atom stereocenters. The van der Waals surface area contributed by atoms with Crippen LogP contribution >= 0.6 is 11.6 Å². The van der Waals surface area contributed by atoms with Crippen molar-refractivity contribution >= 4 is 17.6 Å². The van der Waals surface area contributed by atoms with Crippen molar-refractivity contribution in [2.45, 2.75) is 82.3 Å². The third-order valence-electron chi connectivity index (χ3n) is 6.67. The molecule has 8 heteroatoms. The van der Waals surface area contributed by atoms with Gasteiger partial charge in [0.25, 0.3) is 5.92 Å². The Morgan fingerprint density at radius 3 is 2.47 bits per heavy atom. The van der Waals surface area contributed by atoms with E-state index < -0.39 is 17.7 Å². The Morgan fingerprint density at radius 2 is 1.87 bits per heavy atom. The number of benzene rings is 1. The van der Waals surface area contributed by atoms with Crippen molar-refractivity contribution in [2.75, 3.05) is 7.11 Å².